The van der Waals surface area contributed by atoms with E-state index in [1.54, 1.807) is 0 Å². The van der Waals surface area contributed by atoms with Gasteiger partial charge in [-0.1, -0.05) is 26.2 Å². The van der Waals surface area contributed by atoms with Gasteiger partial charge in [-0.05, 0) is 32.1 Å². The molecule has 2 atom stereocenters. The van der Waals surface area contributed by atoms with E-state index in [0.717, 1.165) is 6.42 Å². The third-order valence-corrected chi connectivity index (χ3v) is 4.48. The molecule has 2 heteroatoms. The van der Waals surface area contributed by atoms with E-state index in [1.807, 2.05) is 0 Å². The van der Waals surface area contributed by atoms with Crippen molar-refractivity contribution in [2.24, 2.45) is 5.92 Å². The van der Waals surface area contributed by atoms with Crippen LogP contribution in [-0.2, 0) is 4.74 Å². The average molecular weight is 198 g/mol. The van der Waals surface area contributed by atoms with Crippen molar-refractivity contribution in [3.8, 4) is 0 Å². The van der Waals surface area contributed by atoms with Crippen molar-refractivity contribution < 1.29 is 9.84 Å². The molecule has 0 aromatic rings. The highest BCUT2D eigenvalue weighted by Crippen LogP contribution is 2.57. The number of hydrogen-bond donors (Lipinski definition) is 1. The van der Waals surface area contributed by atoms with Gasteiger partial charge in [0.1, 0.15) is 11.2 Å². The number of ether oxygens (including phenoxy) is 1. The lowest BCUT2D eigenvalue weighted by molar-refractivity contribution is 0.160. The molecular weight excluding hydrogens is 176 g/mol. The van der Waals surface area contributed by atoms with Crippen molar-refractivity contribution in [1.29, 1.82) is 0 Å². The molecule has 82 valence electrons. The molecule has 1 heterocycles. The quantitative estimate of drug-likeness (QED) is 0.707. The fraction of sp³-hybridized carbons (Fsp3) is 1.00. The molecule has 1 saturated heterocycles. The van der Waals surface area contributed by atoms with Crippen molar-refractivity contribution in [1.82, 2.24) is 0 Å². The molecule has 14 heavy (non-hydrogen) atoms. The molecule has 1 aliphatic heterocycles. The SMILES string of the molecule is CC[C@@]1(CO)O[C@@]1(C)C1CCCCC1. The van der Waals surface area contributed by atoms with Gasteiger partial charge in [0.25, 0.3) is 0 Å². The molecule has 0 aromatic heterocycles. The molecule has 2 rings (SSSR count). The average Bonchev–Trinajstić information content (AvgIpc) is 2.88. The van der Waals surface area contributed by atoms with Crippen LogP contribution in [0.25, 0.3) is 0 Å². The number of aliphatic hydroxyl groups excluding tert-OH is 1. The molecule has 0 aromatic carbocycles. The summed E-state index contributed by atoms with van der Waals surface area (Å²) >= 11 is 0. The predicted molar refractivity (Wildman–Crippen MR) is 56.2 cm³/mol. The summed E-state index contributed by atoms with van der Waals surface area (Å²) in [6, 6.07) is 0. The first kappa shape index (κ1) is 10.4. The summed E-state index contributed by atoms with van der Waals surface area (Å²) in [5, 5.41) is 9.40. The molecule has 0 unspecified atom stereocenters. The highest BCUT2D eigenvalue weighted by Gasteiger charge is 2.68. The van der Waals surface area contributed by atoms with Crippen molar-refractivity contribution in [3.63, 3.8) is 0 Å². The van der Waals surface area contributed by atoms with E-state index in [9.17, 15) is 5.11 Å². The van der Waals surface area contributed by atoms with Crippen LogP contribution >= 0.6 is 0 Å². The molecular formula is C12H22O2. The van der Waals surface area contributed by atoms with E-state index in [-0.39, 0.29) is 17.8 Å². The highest BCUT2D eigenvalue weighted by atomic mass is 16.6. The minimum absolute atomic E-state index is 0.0169. The molecule has 2 nitrogen and oxygen atoms in total. The summed E-state index contributed by atoms with van der Waals surface area (Å²) in [4.78, 5) is 0. The number of epoxide rings is 1. The Morgan fingerprint density at radius 2 is 1.93 bits per heavy atom. The van der Waals surface area contributed by atoms with Crippen LogP contribution in [0.2, 0.25) is 0 Å². The van der Waals surface area contributed by atoms with Gasteiger partial charge in [-0.3, -0.25) is 0 Å². The van der Waals surface area contributed by atoms with Gasteiger partial charge in [-0.25, -0.2) is 0 Å². The fourth-order valence-corrected chi connectivity index (χ4v) is 3.21. The largest absolute Gasteiger partial charge is 0.393 e. The second kappa shape index (κ2) is 3.49. The molecule has 0 amide bonds. The lowest BCUT2D eigenvalue weighted by Crippen LogP contribution is -2.34. The number of rotatable bonds is 3. The zero-order valence-electron chi connectivity index (χ0n) is 9.38. The zero-order chi connectivity index (χ0) is 10.2. The summed E-state index contributed by atoms with van der Waals surface area (Å²) in [6.07, 6.45) is 7.58. The minimum Gasteiger partial charge on any atom is -0.393 e. The van der Waals surface area contributed by atoms with E-state index < -0.39 is 0 Å². The van der Waals surface area contributed by atoms with Gasteiger partial charge in [0, 0.05) is 0 Å². The Hall–Kier alpha value is -0.0800. The normalized spacial score (nSPS) is 43.9. The first-order valence-electron chi connectivity index (χ1n) is 5.99. The maximum atomic E-state index is 9.40. The standard InChI is InChI=1S/C12H22O2/c1-3-12(9-13)11(2,14-12)10-7-5-4-6-8-10/h10,13H,3-9H2,1-2H3/t11-,12-/m0/s1. The van der Waals surface area contributed by atoms with Gasteiger partial charge in [0.05, 0.1) is 6.61 Å². The zero-order valence-corrected chi connectivity index (χ0v) is 9.38. The van der Waals surface area contributed by atoms with Gasteiger partial charge < -0.3 is 9.84 Å². The molecule has 1 saturated carbocycles. The summed E-state index contributed by atoms with van der Waals surface area (Å²) in [5.41, 5.74) is -0.216. The van der Waals surface area contributed by atoms with Crippen LogP contribution in [0, 0.1) is 5.92 Å². The molecule has 1 N–H and O–H groups in total. The monoisotopic (exact) mass is 198 g/mol. The smallest absolute Gasteiger partial charge is 0.121 e. The van der Waals surface area contributed by atoms with Crippen LogP contribution in [0.1, 0.15) is 52.4 Å². The van der Waals surface area contributed by atoms with Crippen molar-refractivity contribution in [2.75, 3.05) is 6.61 Å². The second-order valence-corrected chi connectivity index (χ2v) is 5.05. The van der Waals surface area contributed by atoms with Crippen LogP contribution < -0.4 is 0 Å². The Balaban J connectivity index is 2.03. The third kappa shape index (κ3) is 1.31. The van der Waals surface area contributed by atoms with E-state index in [0.29, 0.717) is 5.92 Å². The van der Waals surface area contributed by atoms with Gasteiger partial charge in [0.15, 0.2) is 0 Å². The van der Waals surface area contributed by atoms with Crippen LogP contribution in [0.5, 0.6) is 0 Å². The third-order valence-electron chi connectivity index (χ3n) is 4.48. The van der Waals surface area contributed by atoms with Gasteiger partial charge >= 0.3 is 0 Å². The molecule has 2 aliphatic rings. The Morgan fingerprint density at radius 3 is 2.36 bits per heavy atom. The molecule has 2 fully saturated rings. The van der Waals surface area contributed by atoms with Crippen LogP contribution in [0.3, 0.4) is 0 Å². The Bertz CT molecular complexity index is 204. The maximum absolute atomic E-state index is 9.40. The van der Waals surface area contributed by atoms with E-state index in [1.165, 1.54) is 32.1 Å². The number of hydrogen-bond acceptors (Lipinski definition) is 2. The molecule has 0 spiro atoms. The van der Waals surface area contributed by atoms with Crippen molar-refractivity contribution >= 4 is 0 Å². The maximum Gasteiger partial charge on any atom is 0.121 e. The summed E-state index contributed by atoms with van der Waals surface area (Å²) in [7, 11) is 0. The van der Waals surface area contributed by atoms with E-state index in [2.05, 4.69) is 13.8 Å². The summed E-state index contributed by atoms with van der Waals surface area (Å²) in [5.74, 6) is 0.684. The van der Waals surface area contributed by atoms with Crippen molar-refractivity contribution in [3.05, 3.63) is 0 Å². The Kier molecular flexibility index (Phi) is 2.61. The van der Waals surface area contributed by atoms with Crippen molar-refractivity contribution in [2.45, 2.75) is 63.6 Å². The van der Waals surface area contributed by atoms with Gasteiger partial charge in [-0.2, -0.15) is 0 Å². The lowest BCUT2D eigenvalue weighted by Gasteiger charge is -2.27. The van der Waals surface area contributed by atoms with Gasteiger partial charge in [-0.15, -0.1) is 0 Å². The van der Waals surface area contributed by atoms with E-state index in [4.69, 9.17) is 4.74 Å². The minimum atomic E-state index is -0.199. The first-order chi connectivity index (χ1) is 6.68. The van der Waals surface area contributed by atoms with E-state index >= 15 is 0 Å². The molecule has 0 radical (unpaired) electrons. The number of aliphatic hydroxyl groups is 1. The first-order valence-corrected chi connectivity index (χ1v) is 5.99. The Morgan fingerprint density at radius 1 is 1.29 bits per heavy atom. The van der Waals surface area contributed by atoms with Crippen LogP contribution in [0.4, 0.5) is 0 Å². The Labute approximate surface area is 86.6 Å². The highest BCUT2D eigenvalue weighted by molar-refractivity contribution is 5.15. The summed E-state index contributed by atoms with van der Waals surface area (Å²) < 4.78 is 5.88. The van der Waals surface area contributed by atoms with Gasteiger partial charge in [0.2, 0.25) is 0 Å². The summed E-state index contributed by atoms with van der Waals surface area (Å²) in [6.45, 7) is 4.50. The van der Waals surface area contributed by atoms with Crippen LogP contribution in [-0.4, -0.2) is 22.9 Å². The molecule has 0 bridgehead atoms. The fourth-order valence-electron chi connectivity index (χ4n) is 3.21. The topological polar surface area (TPSA) is 32.8 Å². The molecule has 1 aliphatic carbocycles. The lowest BCUT2D eigenvalue weighted by atomic mass is 9.74. The predicted octanol–water partition coefficient (Wildman–Crippen LogP) is 2.50. The van der Waals surface area contributed by atoms with Crippen LogP contribution in [0.15, 0.2) is 0 Å². The second-order valence-electron chi connectivity index (χ2n) is 5.05.